The number of aromatic nitrogens is 2. The van der Waals surface area contributed by atoms with E-state index in [0.717, 1.165) is 42.5 Å². The Kier molecular flexibility index (Phi) is 6.20. The number of nitrogens with zero attached hydrogens (tertiary/aromatic N) is 3. The van der Waals surface area contributed by atoms with Crippen molar-refractivity contribution in [2.75, 3.05) is 24.6 Å². The van der Waals surface area contributed by atoms with E-state index in [0.29, 0.717) is 16.8 Å². The van der Waals surface area contributed by atoms with Gasteiger partial charge in [-0.1, -0.05) is 36.4 Å². The Morgan fingerprint density at radius 2 is 1.72 bits per heavy atom. The first-order valence-electron chi connectivity index (χ1n) is 11.0. The number of aryl methyl sites for hydroxylation is 1. The number of benzene rings is 2. The van der Waals surface area contributed by atoms with E-state index in [2.05, 4.69) is 25.9 Å². The highest BCUT2D eigenvalue weighted by molar-refractivity contribution is 7.89. The summed E-state index contributed by atoms with van der Waals surface area (Å²) in [6.07, 6.45) is 3.53. The van der Waals surface area contributed by atoms with Crippen molar-refractivity contribution in [3.05, 3.63) is 48.0 Å². The van der Waals surface area contributed by atoms with E-state index in [4.69, 9.17) is 0 Å². The van der Waals surface area contributed by atoms with Crippen molar-refractivity contribution in [2.24, 2.45) is 0 Å². The van der Waals surface area contributed by atoms with Crippen LogP contribution in [0.3, 0.4) is 0 Å². The molecule has 0 radical (unpaired) electrons. The van der Waals surface area contributed by atoms with Gasteiger partial charge < -0.3 is 10.0 Å². The standard InChI is InChI=1S/C24H30N4O3S/c1-17-11-12-18(15-21(17)32(30,31)27-24(2,3)16-29)22-19-9-5-6-10-20(19)23(26-25-22)28-13-7-4-8-14-28/h5-6,9-12,15,27,29H,4,7-8,13-14,16H2,1-3H3. The van der Waals surface area contributed by atoms with E-state index in [1.807, 2.05) is 24.3 Å². The Morgan fingerprint density at radius 3 is 2.41 bits per heavy atom. The zero-order valence-corrected chi connectivity index (χ0v) is 19.6. The maximum Gasteiger partial charge on any atom is 0.241 e. The van der Waals surface area contributed by atoms with Crippen molar-refractivity contribution in [3.63, 3.8) is 0 Å². The van der Waals surface area contributed by atoms with Crippen LogP contribution in [-0.2, 0) is 10.0 Å². The fourth-order valence-electron chi connectivity index (χ4n) is 4.13. The Hall–Kier alpha value is -2.55. The van der Waals surface area contributed by atoms with E-state index in [-0.39, 0.29) is 11.5 Å². The first-order valence-corrected chi connectivity index (χ1v) is 12.5. The van der Waals surface area contributed by atoms with Gasteiger partial charge in [0.2, 0.25) is 10.0 Å². The first-order chi connectivity index (χ1) is 15.2. The van der Waals surface area contributed by atoms with Gasteiger partial charge in [-0.3, -0.25) is 0 Å². The van der Waals surface area contributed by atoms with Gasteiger partial charge in [-0.05, 0) is 51.7 Å². The quantitative estimate of drug-likeness (QED) is 0.590. The van der Waals surface area contributed by atoms with Gasteiger partial charge in [0.05, 0.1) is 17.0 Å². The van der Waals surface area contributed by atoms with Crippen molar-refractivity contribution < 1.29 is 13.5 Å². The molecule has 32 heavy (non-hydrogen) atoms. The second-order valence-electron chi connectivity index (χ2n) is 9.09. The molecule has 1 fully saturated rings. The molecule has 3 aromatic rings. The highest BCUT2D eigenvalue weighted by Crippen LogP contribution is 2.34. The van der Waals surface area contributed by atoms with Crippen LogP contribution in [0.25, 0.3) is 22.0 Å². The van der Waals surface area contributed by atoms with Gasteiger partial charge in [0, 0.05) is 29.4 Å². The van der Waals surface area contributed by atoms with Crippen LogP contribution in [-0.4, -0.2) is 49.0 Å². The third-order valence-corrected chi connectivity index (χ3v) is 7.72. The lowest BCUT2D eigenvalue weighted by Crippen LogP contribution is -2.46. The van der Waals surface area contributed by atoms with Crippen LogP contribution >= 0.6 is 0 Å². The molecule has 1 aromatic heterocycles. The van der Waals surface area contributed by atoms with E-state index < -0.39 is 15.6 Å². The molecule has 0 unspecified atom stereocenters. The topological polar surface area (TPSA) is 95.4 Å². The molecule has 0 spiro atoms. The van der Waals surface area contributed by atoms with Gasteiger partial charge in [0.15, 0.2) is 5.82 Å². The number of rotatable bonds is 6. The van der Waals surface area contributed by atoms with Crippen LogP contribution in [0.4, 0.5) is 5.82 Å². The molecule has 1 aliphatic heterocycles. The Labute approximate surface area is 189 Å². The van der Waals surface area contributed by atoms with E-state index in [1.54, 1.807) is 32.9 Å². The first kappa shape index (κ1) is 22.6. The van der Waals surface area contributed by atoms with Crippen molar-refractivity contribution in [3.8, 4) is 11.3 Å². The molecule has 2 N–H and O–H groups in total. The minimum Gasteiger partial charge on any atom is -0.394 e. The summed E-state index contributed by atoms with van der Waals surface area (Å²) in [7, 11) is -3.84. The Balaban J connectivity index is 1.81. The van der Waals surface area contributed by atoms with Crippen molar-refractivity contribution in [1.82, 2.24) is 14.9 Å². The lowest BCUT2D eigenvalue weighted by Gasteiger charge is -2.28. The highest BCUT2D eigenvalue weighted by Gasteiger charge is 2.27. The molecule has 0 atom stereocenters. The largest absolute Gasteiger partial charge is 0.394 e. The fraction of sp³-hybridized carbons (Fsp3) is 0.417. The maximum absolute atomic E-state index is 13.1. The number of piperidine rings is 1. The van der Waals surface area contributed by atoms with E-state index >= 15 is 0 Å². The lowest BCUT2D eigenvalue weighted by atomic mass is 10.0. The number of sulfonamides is 1. The molecule has 8 heteroatoms. The summed E-state index contributed by atoms with van der Waals surface area (Å²) in [6.45, 7) is 6.67. The fourth-order valence-corrected chi connectivity index (χ4v) is 5.81. The smallest absolute Gasteiger partial charge is 0.241 e. The lowest BCUT2D eigenvalue weighted by molar-refractivity contribution is 0.208. The van der Waals surface area contributed by atoms with Gasteiger partial charge in [-0.25, -0.2) is 13.1 Å². The van der Waals surface area contributed by atoms with E-state index in [9.17, 15) is 13.5 Å². The number of hydrogen-bond acceptors (Lipinski definition) is 6. The molecule has 1 aliphatic rings. The molecule has 2 heterocycles. The summed E-state index contributed by atoms with van der Waals surface area (Å²) in [5.74, 6) is 0.885. The summed E-state index contributed by atoms with van der Waals surface area (Å²) in [5.41, 5.74) is 0.993. The maximum atomic E-state index is 13.1. The normalized spacial score (nSPS) is 15.3. The predicted molar refractivity (Wildman–Crippen MR) is 127 cm³/mol. The molecular formula is C24H30N4O3S. The van der Waals surface area contributed by atoms with Gasteiger partial charge in [-0.2, -0.15) is 0 Å². The SMILES string of the molecule is Cc1ccc(-c2nnc(N3CCCCC3)c3ccccc23)cc1S(=O)(=O)NC(C)(C)CO. The monoisotopic (exact) mass is 454 g/mol. The number of aliphatic hydroxyl groups excluding tert-OH is 1. The highest BCUT2D eigenvalue weighted by atomic mass is 32.2. The molecule has 0 bridgehead atoms. The minimum atomic E-state index is -3.84. The minimum absolute atomic E-state index is 0.169. The van der Waals surface area contributed by atoms with Crippen LogP contribution in [0.1, 0.15) is 38.7 Å². The molecule has 0 saturated carbocycles. The van der Waals surface area contributed by atoms with Crippen molar-refractivity contribution >= 4 is 26.6 Å². The average molecular weight is 455 g/mol. The summed E-state index contributed by atoms with van der Waals surface area (Å²) >= 11 is 0. The van der Waals surface area contributed by atoms with Gasteiger partial charge in [0.25, 0.3) is 0 Å². The van der Waals surface area contributed by atoms with Crippen LogP contribution in [0.5, 0.6) is 0 Å². The average Bonchev–Trinajstić information content (AvgIpc) is 2.78. The zero-order valence-electron chi connectivity index (χ0n) is 18.8. The summed E-state index contributed by atoms with van der Waals surface area (Å²) in [6, 6.07) is 13.3. The van der Waals surface area contributed by atoms with Crippen LogP contribution in [0.15, 0.2) is 47.4 Å². The van der Waals surface area contributed by atoms with Crippen LogP contribution in [0, 0.1) is 6.92 Å². The van der Waals surface area contributed by atoms with Crippen LogP contribution < -0.4 is 9.62 Å². The third kappa shape index (κ3) is 4.48. The Morgan fingerprint density at radius 1 is 1.03 bits per heavy atom. The van der Waals surface area contributed by atoms with E-state index in [1.165, 1.54) is 6.42 Å². The molecule has 2 aromatic carbocycles. The summed E-state index contributed by atoms with van der Waals surface area (Å²) in [4.78, 5) is 2.46. The van der Waals surface area contributed by atoms with Gasteiger partial charge in [0.1, 0.15) is 5.69 Å². The summed E-state index contributed by atoms with van der Waals surface area (Å²) in [5, 5.41) is 20.6. The molecule has 1 saturated heterocycles. The van der Waals surface area contributed by atoms with Crippen molar-refractivity contribution in [2.45, 2.75) is 50.5 Å². The number of fused-ring (bicyclic) bond motifs is 1. The molecule has 4 rings (SSSR count). The number of nitrogens with one attached hydrogen (secondary N) is 1. The third-order valence-electron chi connectivity index (χ3n) is 5.88. The molecule has 0 amide bonds. The van der Waals surface area contributed by atoms with Crippen LogP contribution in [0.2, 0.25) is 0 Å². The van der Waals surface area contributed by atoms with Gasteiger partial charge in [-0.15, -0.1) is 10.2 Å². The number of aliphatic hydroxyl groups is 1. The second-order valence-corrected chi connectivity index (χ2v) is 10.7. The summed E-state index contributed by atoms with van der Waals surface area (Å²) < 4.78 is 28.7. The predicted octanol–water partition coefficient (Wildman–Crippen LogP) is 3.64. The molecule has 0 aliphatic carbocycles. The number of anilines is 1. The Bertz CT molecular complexity index is 1240. The van der Waals surface area contributed by atoms with Crippen molar-refractivity contribution in [1.29, 1.82) is 0 Å². The number of hydrogen-bond donors (Lipinski definition) is 2. The molecular weight excluding hydrogens is 424 g/mol. The van der Waals surface area contributed by atoms with Gasteiger partial charge >= 0.3 is 0 Å². The zero-order chi connectivity index (χ0) is 22.9. The molecule has 170 valence electrons. The second kappa shape index (κ2) is 8.77. The molecule has 7 nitrogen and oxygen atoms in total.